The molecule has 5 heteroatoms. The van der Waals surface area contributed by atoms with Crippen LogP contribution >= 0.6 is 15.9 Å². The fourth-order valence-electron chi connectivity index (χ4n) is 1.53. The van der Waals surface area contributed by atoms with E-state index in [1.807, 2.05) is 6.92 Å². The van der Waals surface area contributed by atoms with Crippen LogP contribution in [0, 0.1) is 18.6 Å². The molecule has 0 unspecified atom stereocenters. The van der Waals surface area contributed by atoms with E-state index in [2.05, 4.69) is 21.2 Å². The zero-order chi connectivity index (χ0) is 13.3. The highest BCUT2D eigenvalue weighted by molar-refractivity contribution is 9.10. The molecule has 0 heterocycles. The predicted octanol–water partition coefficient (Wildman–Crippen LogP) is 4.36. The van der Waals surface area contributed by atoms with Crippen molar-refractivity contribution in [3.63, 3.8) is 0 Å². The van der Waals surface area contributed by atoms with Gasteiger partial charge >= 0.3 is 0 Å². The van der Waals surface area contributed by atoms with E-state index in [4.69, 9.17) is 5.73 Å². The van der Waals surface area contributed by atoms with Gasteiger partial charge in [0.1, 0.15) is 11.6 Å². The van der Waals surface area contributed by atoms with Gasteiger partial charge in [0.05, 0.1) is 10.2 Å². The highest BCUT2D eigenvalue weighted by Gasteiger charge is 2.08. The Labute approximate surface area is 112 Å². The maximum absolute atomic E-state index is 13.6. The number of halogens is 3. The summed E-state index contributed by atoms with van der Waals surface area (Å²) in [5.74, 6) is -1.05. The molecule has 94 valence electrons. The van der Waals surface area contributed by atoms with Crippen LogP contribution < -0.4 is 11.1 Å². The number of benzene rings is 2. The normalized spacial score (nSPS) is 10.4. The van der Waals surface area contributed by atoms with E-state index in [-0.39, 0.29) is 10.2 Å². The number of nitrogen functional groups attached to an aromatic ring is 1. The molecule has 0 bridgehead atoms. The maximum atomic E-state index is 13.6. The fraction of sp³-hybridized carbons (Fsp3) is 0.0769. The first-order valence-electron chi connectivity index (χ1n) is 5.25. The maximum Gasteiger partial charge on any atom is 0.147 e. The van der Waals surface area contributed by atoms with Crippen LogP contribution in [0.15, 0.2) is 34.8 Å². The highest BCUT2D eigenvalue weighted by atomic mass is 79.9. The molecule has 18 heavy (non-hydrogen) atoms. The van der Waals surface area contributed by atoms with Crippen molar-refractivity contribution in [2.75, 3.05) is 11.1 Å². The Kier molecular flexibility index (Phi) is 3.52. The quantitative estimate of drug-likeness (QED) is 0.638. The molecule has 2 rings (SSSR count). The third-order valence-electron chi connectivity index (χ3n) is 2.56. The van der Waals surface area contributed by atoms with Crippen LogP contribution in [-0.2, 0) is 0 Å². The van der Waals surface area contributed by atoms with Crippen molar-refractivity contribution in [3.8, 4) is 0 Å². The van der Waals surface area contributed by atoms with Crippen molar-refractivity contribution in [1.82, 2.24) is 0 Å². The molecule has 0 aliphatic carbocycles. The van der Waals surface area contributed by atoms with Crippen molar-refractivity contribution in [3.05, 3.63) is 52.0 Å². The molecular formula is C13H11BrF2N2. The Morgan fingerprint density at radius 1 is 1.11 bits per heavy atom. The Bertz CT molecular complexity index is 600. The summed E-state index contributed by atoms with van der Waals surface area (Å²) in [5, 5.41) is 2.82. The topological polar surface area (TPSA) is 38.0 Å². The molecule has 2 aromatic rings. The van der Waals surface area contributed by atoms with Gasteiger partial charge in [0.25, 0.3) is 0 Å². The first-order chi connectivity index (χ1) is 8.47. The van der Waals surface area contributed by atoms with Gasteiger partial charge in [-0.3, -0.25) is 0 Å². The van der Waals surface area contributed by atoms with Gasteiger partial charge in [-0.1, -0.05) is 0 Å². The summed E-state index contributed by atoms with van der Waals surface area (Å²) < 4.78 is 27.0. The SMILES string of the molecule is Cc1cc(Nc2cc(F)c(Br)cc2F)ccc1N. The predicted molar refractivity (Wildman–Crippen MR) is 72.9 cm³/mol. The number of hydrogen-bond donors (Lipinski definition) is 2. The lowest BCUT2D eigenvalue weighted by atomic mass is 10.2. The van der Waals surface area contributed by atoms with Crippen LogP contribution in [-0.4, -0.2) is 0 Å². The van der Waals surface area contributed by atoms with E-state index in [1.54, 1.807) is 18.2 Å². The Morgan fingerprint density at radius 2 is 1.83 bits per heavy atom. The first kappa shape index (κ1) is 12.8. The Balaban J connectivity index is 2.34. The van der Waals surface area contributed by atoms with Gasteiger partial charge in [0.2, 0.25) is 0 Å². The van der Waals surface area contributed by atoms with Crippen LogP contribution in [0.4, 0.5) is 25.8 Å². The van der Waals surface area contributed by atoms with E-state index < -0.39 is 11.6 Å². The molecule has 0 aliphatic rings. The third kappa shape index (κ3) is 2.61. The highest BCUT2D eigenvalue weighted by Crippen LogP contribution is 2.27. The number of nitrogens with one attached hydrogen (secondary N) is 1. The lowest BCUT2D eigenvalue weighted by Crippen LogP contribution is -1.97. The summed E-state index contributed by atoms with van der Waals surface area (Å²) in [6, 6.07) is 7.38. The molecule has 3 N–H and O–H groups in total. The van der Waals surface area contributed by atoms with E-state index >= 15 is 0 Å². The Hall–Kier alpha value is -1.62. The molecule has 0 spiro atoms. The van der Waals surface area contributed by atoms with E-state index in [9.17, 15) is 8.78 Å². The van der Waals surface area contributed by atoms with E-state index in [0.717, 1.165) is 17.7 Å². The molecule has 0 atom stereocenters. The molecule has 0 saturated heterocycles. The summed E-state index contributed by atoms with van der Waals surface area (Å²) in [6.45, 7) is 1.85. The minimum atomic E-state index is -0.530. The summed E-state index contributed by atoms with van der Waals surface area (Å²) in [6.07, 6.45) is 0. The van der Waals surface area contributed by atoms with Crippen LogP contribution in [0.2, 0.25) is 0 Å². The van der Waals surface area contributed by atoms with Gasteiger partial charge in [0.15, 0.2) is 0 Å². The number of hydrogen-bond acceptors (Lipinski definition) is 2. The number of nitrogens with two attached hydrogens (primary N) is 1. The summed E-state index contributed by atoms with van der Waals surface area (Å²) in [5.41, 5.74) is 7.95. The fourth-order valence-corrected chi connectivity index (χ4v) is 1.84. The largest absolute Gasteiger partial charge is 0.399 e. The van der Waals surface area contributed by atoms with Crippen molar-refractivity contribution >= 4 is 33.0 Å². The first-order valence-corrected chi connectivity index (χ1v) is 6.04. The summed E-state index contributed by atoms with van der Waals surface area (Å²) >= 11 is 2.93. The van der Waals surface area contributed by atoms with Crippen molar-refractivity contribution < 1.29 is 8.78 Å². The van der Waals surface area contributed by atoms with Crippen LogP contribution in [0.25, 0.3) is 0 Å². The summed E-state index contributed by atoms with van der Waals surface area (Å²) in [7, 11) is 0. The Morgan fingerprint density at radius 3 is 2.50 bits per heavy atom. The lowest BCUT2D eigenvalue weighted by molar-refractivity contribution is 0.598. The number of aryl methyl sites for hydroxylation is 1. The molecule has 0 radical (unpaired) electrons. The van der Waals surface area contributed by atoms with Crippen LogP contribution in [0.3, 0.4) is 0 Å². The molecule has 0 amide bonds. The van der Waals surface area contributed by atoms with E-state index in [1.165, 1.54) is 0 Å². The zero-order valence-electron chi connectivity index (χ0n) is 9.60. The van der Waals surface area contributed by atoms with Gasteiger partial charge in [-0.2, -0.15) is 0 Å². The van der Waals surface area contributed by atoms with Gasteiger partial charge in [0, 0.05) is 17.4 Å². The lowest BCUT2D eigenvalue weighted by Gasteiger charge is -2.10. The molecule has 2 nitrogen and oxygen atoms in total. The molecule has 0 saturated carbocycles. The van der Waals surface area contributed by atoms with Crippen molar-refractivity contribution in [1.29, 1.82) is 0 Å². The molecule has 2 aromatic carbocycles. The van der Waals surface area contributed by atoms with Crippen LogP contribution in [0.1, 0.15) is 5.56 Å². The van der Waals surface area contributed by atoms with Crippen molar-refractivity contribution in [2.24, 2.45) is 0 Å². The number of anilines is 3. The average Bonchev–Trinajstić information content (AvgIpc) is 2.31. The summed E-state index contributed by atoms with van der Waals surface area (Å²) in [4.78, 5) is 0. The van der Waals surface area contributed by atoms with Gasteiger partial charge in [-0.05, 0) is 52.7 Å². The molecule has 0 fully saturated rings. The second-order valence-electron chi connectivity index (χ2n) is 3.94. The van der Waals surface area contributed by atoms with Crippen molar-refractivity contribution in [2.45, 2.75) is 6.92 Å². The average molecular weight is 313 g/mol. The van der Waals surface area contributed by atoms with Gasteiger partial charge < -0.3 is 11.1 Å². The standard InChI is InChI=1S/C13H11BrF2N2/c1-7-4-8(2-3-12(7)17)18-13-6-10(15)9(14)5-11(13)16/h2-6,18H,17H2,1H3. The van der Waals surface area contributed by atoms with Gasteiger partial charge in [-0.15, -0.1) is 0 Å². The smallest absolute Gasteiger partial charge is 0.147 e. The molecule has 0 aliphatic heterocycles. The minimum absolute atomic E-state index is 0.0832. The number of rotatable bonds is 2. The van der Waals surface area contributed by atoms with Crippen LogP contribution in [0.5, 0.6) is 0 Å². The second kappa shape index (κ2) is 4.94. The molecular weight excluding hydrogens is 302 g/mol. The second-order valence-corrected chi connectivity index (χ2v) is 4.80. The van der Waals surface area contributed by atoms with E-state index in [0.29, 0.717) is 11.4 Å². The monoisotopic (exact) mass is 312 g/mol. The van der Waals surface area contributed by atoms with Gasteiger partial charge in [-0.25, -0.2) is 8.78 Å². The molecule has 0 aromatic heterocycles. The third-order valence-corrected chi connectivity index (χ3v) is 3.17. The minimum Gasteiger partial charge on any atom is -0.399 e. The zero-order valence-corrected chi connectivity index (χ0v) is 11.2.